The molecule has 0 aliphatic carbocycles. The monoisotopic (exact) mass is 217 g/mol. The molecule has 0 atom stereocenters. The average Bonchev–Trinajstić information content (AvgIpc) is 2.64. The molecule has 3 heteroatoms. The molecular weight excluding hydrogens is 202 g/mol. The number of aromatic nitrogens is 1. The first kappa shape index (κ1) is 9.73. The molecule has 0 unspecified atom stereocenters. The molecule has 0 saturated carbocycles. The van der Waals surface area contributed by atoms with Gasteiger partial charge in [-0.2, -0.15) is 0 Å². The van der Waals surface area contributed by atoms with Gasteiger partial charge in [0.15, 0.2) is 0 Å². The van der Waals surface area contributed by atoms with Gasteiger partial charge in [-0.1, -0.05) is 12.1 Å². The number of nitrogens with zero attached hydrogens (tertiary/aromatic N) is 1. The second kappa shape index (κ2) is 3.52. The van der Waals surface area contributed by atoms with Crippen molar-refractivity contribution in [3.8, 4) is 5.75 Å². The number of ether oxygens (including phenoxy) is 2. The second-order valence-electron chi connectivity index (χ2n) is 4.13. The molecule has 1 aromatic carbocycles. The summed E-state index contributed by atoms with van der Waals surface area (Å²) in [6.45, 7) is 4.57. The number of para-hydroxylation sites is 1. The summed E-state index contributed by atoms with van der Waals surface area (Å²) in [5, 5.41) is 1.28. The first-order chi connectivity index (χ1) is 7.83. The molecular formula is C13H15NO2. The number of aryl methyl sites for hydroxylation is 1. The number of fused-ring (bicyclic) bond motifs is 3. The molecule has 0 bridgehead atoms. The minimum atomic E-state index is 0.712. The molecule has 0 saturated heterocycles. The number of hydrogen-bond acceptors (Lipinski definition) is 2. The van der Waals surface area contributed by atoms with Crippen molar-refractivity contribution in [1.82, 2.24) is 4.57 Å². The molecule has 0 N–H and O–H groups in total. The Labute approximate surface area is 94.6 Å². The molecule has 0 fully saturated rings. The third-order valence-electron chi connectivity index (χ3n) is 3.35. The lowest BCUT2D eigenvalue weighted by Gasteiger charge is -2.18. The Hall–Kier alpha value is -1.48. The van der Waals surface area contributed by atoms with Crippen LogP contribution in [0.5, 0.6) is 5.75 Å². The van der Waals surface area contributed by atoms with Gasteiger partial charge >= 0.3 is 0 Å². The van der Waals surface area contributed by atoms with Crippen LogP contribution in [0, 0.1) is 6.92 Å². The lowest BCUT2D eigenvalue weighted by molar-refractivity contribution is 0.0858. The van der Waals surface area contributed by atoms with E-state index in [2.05, 4.69) is 17.6 Å². The molecule has 0 radical (unpaired) electrons. The van der Waals surface area contributed by atoms with Crippen LogP contribution in [0.1, 0.15) is 11.3 Å². The van der Waals surface area contributed by atoms with Crippen molar-refractivity contribution in [3.63, 3.8) is 0 Å². The van der Waals surface area contributed by atoms with Gasteiger partial charge in [-0.15, -0.1) is 0 Å². The van der Waals surface area contributed by atoms with Gasteiger partial charge in [-0.05, 0) is 18.6 Å². The Morgan fingerprint density at radius 3 is 3.06 bits per heavy atom. The van der Waals surface area contributed by atoms with E-state index in [1.54, 1.807) is 7.11 Å². The predicted octanol–water partition coefficient (Wildman–Crippen LogP) is 2.49. The molecule has 16 heavy (non-hydrogen) atoms. The van der Waals surface area contributed by atoms with Crippen LogP contribution in [0.2, 0.25) is 0 Å². The van der Waals surface area contributed by atoms with Crippen molar-refractivity contribution in [2.75, 3.05) is 13.7 Å². The van der Waals surface area contributed by atoms with Gasteiger partial charge in [0.2, 0.25) is 0 Å². The van der Waals surface area contributed by atoms with E-state index in [0.29, 0.717) is 6.61 Å². The molecule has 2 heterocycles. The predicted molar refractivity (Wildman–Crippen MR) is 62.9 cm³/mol. The number of methoxy groups -OCH3 is 1. The average molecular weight is 217 g/mol. The van der Waals surface area contributed by atoms with Crippen molar-refractivity contribution in [3.05, 3.63) is 29.5 Å². The van der Waals surface area contributed by atoms with Crippen LogP contribution in [-0.4, -0.2) is 18.3 Å². The van der Waals surface area contributed by atoms with E-state index < -0.39 is 0 Å². The summed E-state index contributed by atoms with van der Waals surface area (Å²) in [6.07, 6.45) is 0. The van der Waals surface area contributed by atoms with Crippen molar-refractivity contribution < 1.29 is 9.47 Å². The third kappa shape index (κ3) is 1.18. The first-order valence-electron chi connectivity index (χ1n) is 5.55. The second-order valence-corrected chi connectivity index (χ2v) is 4.13. The zero-order valence-electron chi connectivity index (χ0n) is 9.62. The van der Waals surface area contributed by atoms with E-state index in [0.717, 1.165) is 18.9 Å². The SMILES string of the molecule is COc1cccc2c(C)c3n(c12)CCOC3. The van der Waals surface area contributed by atoms with Crippen LogP contribution in [0.15, 0.2) is 18.2 Å². The quantitative estimate of drug-likeness (QED) is 0.732. The van der Waals surface area contributed by atoms with Crippen LogP contribution in [-0.2, 0) is 17.9 Å². The van der Waals surface area contributed by atoms with Crippen molar-refractivity contribution in [2.45, 2.75) is 20.1 Å². The maximum Gasteiger partial charge on any atom is 0.143 e. The Morgan fingerprint density at radius 1 is 1.38 bits per heavy atom. The number of hydrogen-bond donors (Lipinski definition) is 0. The Balaban J connectivity index is 2.40. The molecule has 1 aliphatic rings. The molecule has 0 amide bonds. The number of benzene rings is 1. The summed E-state index contributed by atoms with van der Waals surface area (Å²) < 4.78 is 13.3. The van der Waals surface area contributed by atoms with Gasteiger partial charge in [-0.25, -0.2) is 0 Å². The molecule has 3 nitrogen and oxygen atoms in total. The van der Waals surface area contributed by atoms with Gasteiger partial charge in [0, 0.05) is 17.6 Å². The summed E-state index contributed by atoms with van der Waals surface area (Å²) in [7, 11) is 1.73. The fraction of sp³-hybridized carbons (Fsp3) is 0.385. The molecule has 0 spiro atoms. The smallest absolute Gasteiger partial charge is 0.143 e. The molecule has 1 aromatic heterocycles. The maximum absolute atomic E-state index is 5.52. The van der Waals surface area contributed by atoms with Crippen molar-refractivity contribution >= 4 is 10.9 Å². The largest absolute Gasteiger partial charge is 0.495 e. The zero-order chi connectivity index (χ0) is 11.1. The lowest BCUT2D eigenvalue weighted by atomic mass is 10.1. The van der Waals surface area contributed by atoms with E-state index in [4.69, 9.17) is 9.47 Å². The van der Waals surface area contributed by atoms with Crippen LogP contribution in [0.3, 0.4) is 0 Å². The van der Waals surface area contributed by atoms with Gasteiger partial charge in [0.25, 0.3) is 0 Å². The molecule has 3 rings (SSSR count). The molecule has 2 aromatic rings. The van der Waals surface area contributed by atoms with Gasteiger partial charge in [0.05, 0.1) is 25.8 Å². The van der Waals surface area contributed by atoms with E-state index >= 15 is 0 Å². The Kier molecular flexibility index (Phi) is 2.14. The minimum Gasteiger partial charge on any atom is -0.495 e. The van der Waals surface area contributed by atoms with Crippen LogP contribution in [0.25, 0.3) is 10.9 Å². The van der Waals surface area contributed by atoms with Gasteiger partial charge in [0.1, 0.15) is 5.75 Å². The van der Waals surface area contributed by atoms with Crippen LogP contribution < -0.4 is 4.74 Å². The van der Waals surface area contributed by atoms with E-state index in [9.17, 15) is 0 Å². The standard InChI is InChI=1S/C13H15NO2/c1-9-10-4-3-5-12(15-2)13(10)14-6-7-16-8-11(9)14/h3-5H,6-8H2,1-2H3. The summed E-state index contributed by atoms with van der Waals surface area (Å²) in [6, 6.07) is 6.21. The van der Waals surface area contributed by atoms with E-state index in [1.807, 2.05) is 12.1 Å². The molecule has 1 aliphatic heterocycles. The topological polar surface area (TPSA) is 23.4 Å². The minimum absolute atomic E-state index is 0.712. The van der Waals surface area contributed by atoms with Crippen molar-refractivity contribution in [1.29, 1.82) is 0 Å². The van der Waals surface area contributed by atoms with Gasteiger partial charge in [-0.3, -0.25) is 0 Å². The lowest BCUT2D eigenvalue weighted by Crippen LogP contribution is -2.16. The molecule has 84 valence electrons. The van der Waals surface area contributed by atoms with Crippen LogP contribution >= 0.6 is 0 Å². The Bertz CT molecular complexity index is 542. The first-order valence-corrected chi connectivity index (χ1v) is 5.55. The zero-order valence-corrected chi connectivity index (χ0v) is 9.62. The van der Waals surface area contributed by atoms with E-state index in [1.165, 1.54) is 22.2 Å². The fourth-order valence-electron chi connectivity index (χ4n) is 2.52. The van der Waals surface area contributed by atoms with Crippen molar-refractivity contribution in [2.24, 2.45) is 0 Å². The van der Waals surface area contributed by atoms with E-state index in [-0.39, 0.29) is 0 Å². The summed E-state index contributed by atoms with van der Waals surface area (Å²) in [5.41, 5.74) is 3.81. The highest BCUT2D eigenvalue weighted by Crippen LogP contribution is 2.33. The number of rotatable bonds is 1. The fourth-order valence-corrected chi connectivity index (χ4v) is 2.52. The normalized spacial score (nSPS) is 15.1. The highest BCUT2D eigenvalue weighted by atomic mass is 16.5. The Morgan fingerprint density at radius 2 is 2.25 bits per heavy atom. The van der Waals surface area contributed by atoms with Gasteiger partial charge < -0.3 is 14.0 Å². The summed E-state index contributed by atoms with van der Waals surface area (Å²) >= 11 is 0. The summed E-state index contributed by atoms with van der Waals surface area (Å²) in [5.74, 6) is 0.953. The third-order valence-corrected chi connectivity index (χ3v) is 3.35. The summed E-state index contributed by atoms with van der Waals surface area (Å²) in [4.78, 5) is 0. The highest BCUT2D eigenvalue weighted by Gasteiger charge is 2.19. The van der Waals surface area contributed by atoms with Crippen LogP contribution in [0.4, 0.5) is 0 Å². The maximum atomic E-state index is 5.52. The highest BCUT2D eigenvalue weighted by molar-refractivity contribution is 5.90.